The highest BCUT2D eigenvalue weighted by Gasteiger charge is 2.12. The lowest BCUT2D eigenvalue weighted by Gasteiger charge is -2.29. The van der Waals surface area contributed by atoms with E-state index in [4.69, 9.17) is 5.84 Å². The van der Waals surface area contributed by atoms with Gasteiger partial charge in [0.1, 0.15) is 0 Å². The van der Waals surface area contributed by atoms with E-state index in [1.54, 1.807) is 0 Å². The molecule has 0 amide bonds. The number of guanidine groups is 1. The summed E-state index contributed by atoms with van der Waals surface area (Å²) in [5.41, 5.74) is 2.59. The predicted octanol–water partition coefficient (Wildman–Crippen LogP) is 0.923. The van der Waals surface area contributed by atoms with Crippen LogP contribution in [0, 0.1) is 0 Å². The van der Waals surface area contributed by atoms with Crippen molar-refractivity contribution in [3.63, 3.8) is 0 Å². The summed E-state index contributed by atoms with van der Waals surface area (Å²) in [6, 6.07) is 1.41. The van der Waals surface area contributed by atoms with Crippen molar-refractivity contribution in [2.24, 2.45) is 10.8 Å². The van der Waals surface area contributed by atoms with Gasteiger partial charge >= 0.3 is 0 Å². The summed E-state index contributed by atoms with van der Waals surface area (Å²) in [4.78, 5) is 6.82. The first-order valence-corrected chi connectivity index (χ1v) is 6.41. The Morgan fingerprint density at radius 1 is 1.12 bits per heavy atom. The smallest absolute Gasteiger partial charge is 0.205 e. The highest BCUT2D eigenvalue weighted by molar-refractivity contribution is 5.79. The maximum atomic E-state index is 5.40. The van der Waals surface area contributed by atoms with Crippen LogP contribution in [0.1, 0.15) is 41.5 Å². The molecule has 0 bridgehead atoms. The summed E-state index contributed by atoms with van der Waals surface area (Å²) >= 11 is 0. The molecule has 0 unspecified atom stereocenters. The van der Waals surface area contributed by atoms with Crippen LogP contribution in [-0.2, 0) is 0 Å². The van der Waals surface area contributed by atoms with Gasteiger partial charge in [-0.2, -0.15) is 0 Å². The molecule has 0 aliphatic heterocycles. The van der Waals surface area contributed by atoms with Crippen molar-refractivity contribution >= 4 is 5.96 Å². The van der Waals surface area contributed by atoms with E-state index in [-0.39, 0.29) is 0 Å². The summed E-state index contributed by atoms with van der Waals surface area (Å²) < 4.78 is 0. The minimum absolute atomic E-state index is 0.330. The second-order valence-corrected chi connectivity index (χ2v) is 5.10. The molecule has 102 valence electrons. The maximum Gasteiger partial charge on any atom is 0.205 e. The third kappa shape index (κ3) is 7.18. The summed E-state index contributed by atoms with van der Waals surface area (Å²) in [7, 11) is 0. The zero-order chi connectivity index (χ0) is 13.4. The minimum Gasteiger partial charge on any atom is -0.353 e. The van der Waals surface area contributed by atoms with E-state index in [0.717, 1.165) is 13.1 Å². The molecular formula is C12H29N5. The van der Waals surface area contributed by atoms with Crippen molar-refractivity contribution in [1.82, 2.24) is 15.6 Å². The van der Waals surface area contributed by atoms with E-state index in [1.807, 2.05) is 0 Å². The first kappa shape index (κ1) is 16.2. The van der Waals surface area contributed by atoms with Gasteiger partial charge < -0.3 is 5.32 Å². The normalized spacial score (nSPS) is 13.0. The van der Waals surface area contributed by atoms with Gasteiger partial charge in [0.2, 0.25) is 5.96 Å². The minimum atomic E-state index is 0.330. The number of hydrogen-bond donors (Lipinski definition) is 3. The SMILES string of the molecule is CC(C)NC(=NCCN(C(C)C)C(C)C)NN. The van der Waals surface area contributed by atoms with E-state index < -0.39 is 0 Å². The van der Waals surface area contributed by atoms with Gasteiger partial charge in [0.15, 0.2) is 0 Å². The van der Waals surface area contributed by atoms with E-state index in [9.17, 15) is 0 Å². The van der Waals surface area contributed by atoms with Crippen LogP contribution in [-0.4, -0.2) is 42.1 Å². The Hall–Kier alpha value is -0.810. The van der Waals surface area contributed by atoms with Gasteiger partial charge in [-0.3, -0.25) is 15.3 Å². The average molecular weight is 243 g/mol. The average Bonchev–Trinajstić information content (AvgIpc) is 2.20. The zero-order valence-corrected chi connectivity index (χ0v) is 12.1. The molecule has 0 aliphatic carbocycles. The number of nitrogens with one attached hydrogen (secondary N) is 2. The molecule has 0 aromatic carbocycles. The fraction of sp³-hybridized carbons (Fsp3) is 0.917. The second-order valence-electron chi connectivity index (χ2n) is 5.10. The lowest BCUT2D eigenvalue weighted by atomic mass is 10.2. The number of hydrazine groups is 1. The summed E-state index contributed by atoms with van der Waals surface area (Å²) in [6.45, 7) is 14.6. The Kier molecular flexibility index (Phi) is 7.91. The number of rotatable bonds is 6. The lowest BCUT2D eigenvalue weighted by molar-refractivity contribution is 0.181. The van der Waals surface area contributed by atoms with Crippen LogP contribution < -0.4 is 16.6 Å². The van der Waals surface area contributed by atoms with Crippen molar-refractivity contribution in [2.45, 2.75) is 59.7 Å². The molecule has 0 radical (unpaired) electrons. The van der Waals surface area contributed by atoms with Gasteiger partial charge in [0, 0.05) is 24.7 Å². The highest BCUT2D eigenvalue weighted by Crippen LogP contribution is 2.03. The van der Waals surface area contributed by atoms with Gasteiger partial charge in [0.25, 0.3) is 0 Å². The van der Waals surface area contributed by atoms with E-state index in [0.29, 0.717) is 24.1 Å². The van der Waals surface area contributed by atoms with Crippen LogP contribution in [0.2, 0.25) is 0 Å². The van der Waals surface area contributed by atoms with Crippen LogP contribution in [0.4, 0.5) is 0 Å². The molecule has 0 rings (SSSR count). The second kappa shape index (κ2) is 8.31. The third-order valence-electron chi connectivity index (χ3n) is 2.52. The Morgan fingerprint density at radius 2 is 1.65 bits per heavy atom. The van der Waals surface area contributed by atoms with Crippen molar-refractivity contribution in [3.8, 4) is 0 Å². The quantitative estimate of drug-likeness (QED) is 0.281. The Balaban J connectivity index is 4.20. The molecule has 0 saturated heterocycles. The highest BCUT2D eigenvalue weighted by atomic mass is 15.3. The van der Waals surface area contributed by atoms with E-state index in [2.05, 4.69) is 62.2 Å². The Bertz CT molecular complexity index is 215. The number of nitrogens with zero attached hydrogens (tertiary/aromatic N) is 2. The van der Waals surface area contributed by atoms with Crippen molar-refractivity contribution in [1.29, 1.82) is 0 Å². The molecule has 0 spiro atoms. The number of nitrogens with two attached hydrogens (primary N) is 1. The fourth-order valence-corrected chi connectivity index (χ4v) is 1.80. The van der Waals surface area contributed by atoms with Crippen LogP contribution in [0.5, 0.6) is 0 Å². The molecule has 5 nitrogen and oxygen atoms in total. The van der Waals surface area contributed by atoms with Crippen LogP contribution >= 0.6 is 0 Å². The predicted molar refractivity (Wildman–Crippen MR) is 74.9 cm³/mol. The lowest BCUT2D eigenvalue weighted by Crippen LogP contribution is -2.45. The van der Waals surface area contributed by atoms with E-state index >= 15 is 0 Å². The largest absolute Gasteiger partial charge is 0.353 e. The molecule has 0 atom stereocenters. The van der Waals surface area contributed by atoms with Gasteiger partial charge in [-0.05, 0) is 41.5 Å². The molecule has 5 heteroatoms. The van der Waals surface area contributed by atoms with Crippen LogP contribution in [0.15, 0.2) is 4.99 Å². The van der Waals surface area contributed by atoms with Gasteiger partial charge in [-0.1, -0.05) is 0 Å². The van der Waals surface area contributed by atoms with Crippen LogP contribution in [0.25, 0.3) is 0 Å². The molecule has 0 heterocycles. The number of aliphatic imine (C=N–C) groups is 1. The first-order chi connectivity index (χ1) is 7.88. The van der Waals surface area contributed by atoms with Gasteiger partial charge in [-0.15, -0.1) is 0 Å². The van der Waals surface area contributed by atoms with Crippen molar-refractivity contribution in [2.75, 3.05) is 13.1 Å². The molecule has 0 fully saturated rings. The summed E-state index contributed by atoms with van der Waals surface area (Å²) in [5.74, 6) is 6.06. The van der Waals surface area contributed by atoms with Crippen LogP contribution in [0.3, 0.4) is 0 Å². The Morgan fingerprint density at radius 3 is 2.00 bits per heavy atom. The molecule has 0 aliphatic rings. The maximum absolute atomic E-state index is 5.40. The molecular weight excluding hydrogens is 214 g/mol. The molecule has 0 saturated carbocycles. The van der Waals surface area contributed by atoms with E-state index in [1.165, 1.54) is 0 Å². The first-order valence-electron chi connectivity index (χ1n) is 6.41. The summed E-state index contributed by atoms with van der Waals surface area (Å²) in [5, 5.41) is 3.16. The van der Waals surface area contributed by atoms with Gasteiger partial charge in [-0.25, -0.2) is 5.84 Å². The standard InChI is InChI=1S/C12H29N5/c1-9(2)15-12(16-13)14-7-8-17(10(3)4)11(5)6/h9-11H,7-8,13H2,1-6H3,(H2,14,15,16). The van der Waals surface area contributed by atoms with Crippen molar-refractivity contribution < 1.29 is 0 Å². The topological polar surface area (TPSA) is 65.7 Å². The third-order valence-corrected chi connectivity index (χ3v) is 2.52. The molecule has 0 aromatic heterocycles. The van der Waals surface area contributed by atoms with Gasteiger partial charge in [0.05, 0.1) is 6.54 Å². The van der Waals surface area contributed by atoms with Crippen molar-refractivity contribution in [3.05, 3.63) is 0 Å². The molecule has 17 heavy (non-hydrogen) atoms. The number of hydrogen-bond acceptors (Lipinski definition) is 3. The Labute approximate surface area is 106 Å². The summed E-state index contributed by atoms with van der Waals surface area (Å²) in [6.07, 6.45) is 0. The zero-order valence-electron chi connectivity index (χ0n) is 12.1. The molecule has 4 N–H and O–H groups in total. The fourth-order valence-electron chi connectivity index (χ4n) is 1.80. The monoisotopic (exact) mass is 243 g/mol. The molecule has 0 aromatic rings.